The van der Waals surface area contributed by atoms with Crippen LogP contribution in [0.1, 0.15) is 25.3 Å². The second-order valence-corrected chi connectivity index (χ2v) is 4.46. The van der Waals surface area contributed by atoms with Crippen LogP contribution in [0.25, 0.3) is 5.57 Å². The average Bonchev–Trinajstić information content (AvgIpc) is 2.45. The largest absolute Gasteiger partial charge is 0.494 e. The van der Waals surface area contributed by atoms with Crippen LogP contribution in [-0.4, -0.2) is 12.5 Å². The summed E-state index contributed by atoms with van der Waals surface area (Å²) in [6, 6.07) is 8.04. The molecule has 0 bridgehead atoms. The van der Waals surface area contributed by atoms with Crippen LogP contribution in [0.4, 0.5) is 0 Å². The van der Waals surface area contributed by atoms with E-state index in [-0.39, 0.29) is 0 Å². The third-order valence-electron chi connectivity index (χ3n) is 2.60. The molecule has 0 aromatic heterocycles. The number of halogens is 1. The molecule has 0 aliphatic rings. The minimum absolute atomic E-state index is 0.630. The lowest BCUT2D eigenvalue weighted by Crippen LogP contribution is -1.97. The smallest absolute Gasteiger partial charge is 0.119 e. The minimum Gasteiger partial charge on any atom is -0.494 e. The van der Waals surface area contributed by atoms with Crippen molar-refractivity contribution in [1.29, 1.82) is 0 Å². The summed E-state index contributed by atoms with van der Waals surface area (Å²) in [5, 5.41) is 0. The van der Waals surface area contributed by atoms with Gasteiger partial charge in [0, 0.05) is 5.88 Å². The van der Waals surface area contributed by atoms with Gasteiger partial charge in [0.2, 0.25) is 0 Å². The van der Waals surface area contributed by atoms with Gasteiger partial charge in [-0.25, -0.2) is 0 Å². The zero-order chi connectivity index (χ0) is 13.9. The van der Waals surface area contributed by atoms with E-state index in [0.717, 1.165) is 29.7 Å². The third-order valence-corrected chi connectivity index (χ3v) is 2.87. The van der Waals surface area contributed by atoms with Crippen molar-refractivity contribution in [3.05, 3.63) is 60.7 Å². The highest BCUT2D eigenvalue weighted by Gasteiger charge is 1.98. The van der Waals surface area contributed by atoms with Gasteiger partial charge in [0.1, 0.15) is 5.75 Å². The molecule has 0 aliphatic carbocycles. The van der Waals surface area contributed by atoms with Crippen molar-refractivity contribution in [3.63, 3.8) is 0 Å². The Morgan fingerprint density at radius 3 is 2.63 bits per heavy atom. The maximum Gasteiger partial charge on any atom is 0.119 e. The summed E-state index contributed by atoms with van der Waals surface area (Å²) >= 11 is 5.61. The number of hydrogen-bond donors (Lipinski definition) is 0. The Morgan fingerprint density at radius 1 is 1.32 bits per heavy atom. The van der Waals surface area contributed by atoms with Crippen LogP contribution in [0.5, 0.6) is 5.75 Å². The molecule has 0 amide bonds. The summed E-state index contributed by atoms with van der Waals surface area (Å²) in [5.74, 6) is 1.51. The molecule has 1 nitrogen and oxygen atoms in total. The molecule has 1 rings (SSSR count). The van der Waals surface area contributed by atoms with Gasteiger partial charge >= 0.3 is 0 Å². The fraction of sp³-hybridized carbons (Fsp3) is 0.294. The van der Waals surface area contributed by atoms with Crippen molar-refractivity contribution < 1.29 is 4.74 Å². The first-order valence-electron chi connectivity index (χ1n) is 6.60. The molecule has 1 aromatic carbocycles. The first-order valence-corrected chi connectivity index (χ1v) is 7.13. The van der Waals surface area contributed by atoms with E-state index in [9.17, 15) is 0 Å². The SMILES string of the molecule is C=C/C(=C\C=C\CC)c1ccc(OCCCCl)cc1. The maximum absolute atomic E-state index is 5.61. The van der Waals surface area contributed by atoms with Crippen molar-refractivity contribution in [2.24, 2.45) is 0 Å². The van der Waals surface area contributed by atoms with Gasteiger partial charge in [-0.15, -0.1) is 11.6 Å². The van der Waals surface area contributed by atoms with Gasteiger partial charge in [0.05, 0.1) is 6.61 Å². The lowest BCUT2D eigenvalue weighted by atomic mass is 10.1. The number of ether oxygens (including phenoxy) is 1. The number of alkyl halides is 1. The molecule has 0 saturated heterocycles. The second-order valence-electron chi connectivity index (χ2n) is 4.08. The van der Waals surface area contributed by atoms with E-state index in [1.807, 2.05) is 30.3 Å². The lowest BCUT2D eigenvalue weighted by molar-refractivity contribution is 0.318. The van der Waals surface area contributed by atoms with Crippen molar-refractivity contribution in [2.75, 3.05) is 12.5 Å². The highest BCUT2D eigenvalue weighted by Crippen LogP contribution is 2.20. The summed E-state index contributed by atoms with van der Waals surface area (Å²) in [4.78, 5) is 0. The highest BCUT2D eigenvalue weighted by atomic mass is 35.5. The molecule has 0 N–H and O–H groups in total. The molecular formula is C17H21ClO. The topological polar surface area (TPSA) is 9.23 Å². The predicted molar refractivity (Wildman–Crippen MR) is 84.9 cm³/mol. The minimum atomic E-state index is 0.630. The first-order chi connectivity index (χ1) is 9.31. The number of allylic oxidation sites excluding steroid dienone is 5. The fourth-order valence-electron chi connectivity index (χ4n) is 1.58. The standard InChI is InChI=1S/C17H21ClO/c1-3-5-6-8-15(4-2)16-9-11-17(12-10-16)19-14-7-13-18/h4-6,8-12H,2-3,7,13-14H2,1H3/b6-5+,15-8+. The molecule has 0 heterocycles. The first kappa shape index (κ1) is 15.6. The van der Waals surface area contributed by atoms with Crippen LogP contribution in [-0.2, 0) is 0 Å². The quantitative estimate of drug-likeness (QED) is 0.359. The van der Waals surface area contributed by atoms with E-state index in [1.165, 1.54) is 0 Å². The van der Waals surface area contributed by atoms with Crippen molar-refractivity contribution >= 4 is 17.2 Å². The van der Waals surface area contributed by atoms with Crippen molar-refractivity contribution in [3.8, 4) is 5.75 Å². The zero-order valence-corrected chi connectivity index (χ0v) is 12.2. The Labute approximate surface area is 121 Å². The van der Waals surface area contributed by atoms with Gasteiger partial charge in [-0.3, -0.25) is 0 Å². The molecule has 0 atom stereocenters. The van der Waals surface area contributed by atoms with Gasteiger partial charge < -0.3 is 4.74 Å². The van der Waals surface area contributed by atoms with Gasteiger partial charge in [0.15, 0.2) is 0 Å². The fourth-order valence-corrected chi connectivity index (χ4v) is 1.69. The third kappa shape index (κ3) is 5.80. The molecule has 19 heavy (non-hydrogen) atoms. The average molecular weight is 277 g/mol. The van der Waals surface area contributed by atoms with Gasteiger partial charge in [-0.1, -0.05) is 49.9 Å². The summed E-state index contributed by atoms with van der Waals surface area (Å²) in [6.07, 6.45) is 10.0. The Kier molecular flexibility index (Phi) is 7.76. The monoisotopic (exact) mass is 276 g/mol. The van der Waals surface area contributed by atoms with E-state index in [2.05, 4.69) is 31.7 Å². The molecule has 1 aromatic rings. The number of benzene rings is 1. The van der Waals surface area contributed by atoms with Gasteiger partial charge in [-0.05, 0) is 36.1 Å². The van der Waals surface area contributed by atoms with E-state index in [4.69, 9.17) is 16.3 Å². The Balaban J connectivity index is 2.70. The Bertz CT molecular complexity index is 429. The predicted octanol–water partition coefficient (Wildman–Crippen LogP) is 5.23. The van der Waals surface area contributed by atoms with Crippen LogP contribution < -0.4 is 4.74 Å². The molecule has 0 unspecified atom stereocenters. The van der Waals surface area contributed by atoms with Crippen molar-refractivity contribution in [1.82, 2.24) is 0 Å². The number of rotatable bonds is 8. The van der Waals surface area contributed by atoms with Crippen LogP contribution in [0.15, 0.2) is 55.1 Å². The summed E-state index contributed by atoms with van der Waals surface area (Å²) in [5.41, 5.74) is 2.25. The summed E-state index contributed by atoms with van der Waals surface area (Å²) in [6.45, 7) is 6.63. The molecular weight excluding hydrogens is 256 g/mol. The van der Waals surface area contributed by atoms with Crippen LogP contribution >= 0.6 is 11.6 Å². The summed E-state index contributed by atoms with van der Waals surface area (Å²) in [7, 11) is 0. The molecule has 0 spiro atoms. The molecule has 0 radical (unpaired) electrons. The molecule has 0 fully saturated rings. The lowest BCUT2D eigenvalue weighted by Gasteiger charge is -2.06. The van der Waals surface area contributed by atoms with Gasteiger partial charge in [-0.2, -0.15) is 0 Å². The van der Waals surface area contributed by atoms with Gasteiger partial charge in [0.25, 0.3) is 0 Å². The molecule has 0 saturated carbocycles. The summed E-state index contributed by atoms with van der Waals surface area (Å²) < 4.78 is 5.57. The second kappa shape index (κ2) is 9.46. The molecule has 102 valence electrons. The molecule has 2 heteroatoms. The van der Waals surface area contributed by atoms with Crippen molar-refractivity contribution in [2.45, 2.75) is 19.8 Å². The zero-order valence-electron chi connectivity index (χ0n) is 11.4. The Morgan fingerprint density at radius 2 is 2.05 bits per heavy atom. The van der Waals surface area contributed by atoms with E-state index in [0.29, 0.717) is 12.5 Å². The number of hydrogen-bond acceptors (Lipinski definition) is 1. The van der Waals surface area contributed by atoms with E-state index >= 15 is 0 Å². The van der Waals surface area contributed by atoms with E-state index < -0.39 is 0 Å². The molecule has 0 aliphatic heterocycles. The van der Waals surface area contributed by atoms with E-state index in [1.54, 1.807) is 0 Å². The highest BCUT2D eigenvalue weighted by molar-refractivity contribution is 6.17. The Hall–Kier alpha value is -1.47. The van der Waals surface area contributed by atoms with Crippen LogP contribution in [0.3, 0.4) is 0 Å². The van der Waals surface area contributed by atoms with Crippen LogP contribution in [0, 0.1) is 0 Å². The maximum atomic E-state index is 5.61. The normalized spacial score (nSPS) is 11.8. The van der Waals surface area contributed by atoms with Crippen LogP contribution in [0.2, 0.25) is 0 Å².